The number of aliphatic imine (C=N–C) groups is 1. The molecule has 3 rings (SSSR count). The highest BCUT2D eigenvalue weighted by Crippen LogP contribution is 2.31. The predicted octanol–water partition coefficient (Wildman–Crippen LogP) is 2.57. The fraction of sp³-hybridized carbons (Fsp3) is 0.0588. The van der Waals surface area contributed by atoms with Gasteiger partial charge in [0, 0.05) is 18.2 Å². The van der Waals surface area contributed by atoms with E-state index in [1.54, 1.807) is 31.4 Å². The quantitative estimate of drug-likeness (QED) is 0.502. The van der Waals surface area contributed by atoms with Crippen molar-refractivity contribution < 1.29 is 19.6 Å². The second kappa shape index (κ2) is 7.28. The Bertz CT molecular complexity index is 955. The van der Waals surface area contributed by atoms with E-state index in [0.717, 1.165) is 30.0 Å². The van der Waals surface area contributed by atoms with Crippen LogP contribution in [0.2, 0.25) is 0 Å². The van der Waals surface area contributed by atoms with Crippen LogP contribution in [0.3, 0.4) is 0 Å². The summed E-state index contributed by atoms with van der Waals surface area (Å²) in [5, 5.41) is 25.7. The van der Waals surface area contributed by atoms with E-state index in [4.69, 9.17) is 4.74 Å². The average Bonchev–Trinajstić information content (AvgIpc) is 2.95. The zero-order chi connectivity index (χ0) is 18.7. The van der Waals surface area contributed by atoms with Gasteiger partial charge in [0.1, 0.15) is 5.75 Å². The number of hydrogen-bond donors (Lipinski definition) is 1. The number of methoxy groups -OCH3 is 1. The summed E-state index contributed by atoms with van der Waals surface area (Å²) in [5.41, 5.74) is 0.442. The zero-order valence-electron chi connectivity index (χ0n) is 13.5. The summed E-state index contributed by atoms with van der Waals surface area (Å²) in [6.45, 7) is 0. The lowest BCUT2D eigenvalue weighted by Crippen LogP contribution is -2.19. The maximum absolute atomic E-state index is 12.1. The molecule has 1 N–H and O–H groups in total. The Kier molecular flexibility index (Phi) is 4.90. The van der Waals surface area contributed by atoms with Crippen molar-refractivity contribution in [1.29, 1.82) is 0 Å². The molecule has 0 spiro atoms. The van der Waals surface area contributed by atoms with Crippen molar-refractivity contribution in [2.45, 2.75) is 0 Å². The maximum atomic E-state index is 12.1. The van der Waals surface area contributed by atoms with Crippen LogP contribution in [-0.2, 0) is 4.79 Å². The van der Waals surface area contributed by atoms with E-state index >= 15 is 0 Å². The van der Waals surface area contributed by atoms with Gasteiger partial charge in [-0.3, -0.25) is 14.9 Å². The minimum Gasteiger partial charge on any atom is -0.872 e. The third kappa shape index (κ3) is 3.83. The SMILES string of the molecule is COc1cccc(N=C2NC(=O)/C(=C/c3cc([N+](=O)[O-])ccc3[O-])S2)c1. The number of carbonyl (C=O) groups is 1. The van der Waals surface area contributed by atoms with Gasteiger partial charge in [0.2, 0.25) is 0 Å². The van der Waals surface area contributed by atoms with Crippen LogP contribution in [-0.4, -0.2) is 23.1 Å². The fourth-order valence-electron chi connectivity index (χ4n) is 2.18. The molecule has 1 heterocycles. The first-order valence-corrected chi connectivity index (χ1v) is 8.17. The Hall–Kier alpha value is -3.33. The van der Waals surface area contributed by atoms with Gasteiger partial charge in [-0.05, 0) is 35.5 Å². The van der Waals surface area contributed by atoms with Crippen molar-refractivity contribution in [1.82, 2.24) is 5.32 Å². The molecule has 0 radical (unpaired) electrons. The molecule has 1 fully saturated rings. The lowest BCUT2D eigenvalue weighted by atomic mass is 10.1. The minimum absolute atomic E-state index is 0.0690. The van der Waals surface area contributed by atoms with E-state index in [0.29, 0.717) is 16.6 Å². The number of non-ortho nitro benzene ring substituents is 1. The van der Waals surface area contributed by atoms with Crippen LogP contribution in [0.5, 0.6) is 11.5 Å². The average molecular weight is 370 g/mol. The van der Waals surface area contributed by atoms with Crippen molar-refractivity contribution in [3.05, 3.63) is 63.0 Å². The smallest absolute Gasteiger partial charge is 0.269 e. The fourth-order valence-corrected chi connectivity index (χ4v) is 3.01. The first-order valence-electron chi connectivity index (χ1n) is 7.35. The molecule has 0 unspecified atom stereocenters. The van der Waals surface area contributed by atoms with Crippen molar-refractivity contribution in [2.75, 3.05) is 7.11 Å². The summed E-state index contributed by atoms with van der Waals surface area (Å²) in [6.07, 6.45) is 1.32. The predicted molar refractivity (Wildman–Crippen MR) is 96.3 cm³/mol. The van der Waals surface area contributed by atoms with Crippen molar-refractivity contribution >= 4 is 40.3 Å². The third-order valence-electron chi connectivity index (χ3n) is 3.43. The number of nitrogens with one attached hydrogen (secondary N) is 1. The molecule has 0 aromatic heterocycles. The Morgan fingerprint density at radius 3 is 2.81 bits per heavy atom. The number of amides is 1. The van der Waals surface area contributed by atoms with Crippen LogP contribution >= 0.6 is 11.8 Å². The number of benzene rings is 2. The van der Waals surface area contributed by atoms with E-state index < -0.39 is 16.6 Å². The van der Waals surface area contributed by atoms with E-state index in [2.05, 4.69) is 10.3 Å². The molecule has 26 heavy (non-hydrogen) atoms. The highest BCUT2D eigenvalue weighted by atomic mass is 32.2. The van der Waals surface area contributed by atoms with Gasteiger partial charge in [0.25, 0.3) is 11.6 Å². The number of rotatable bonds is 4. The summed E-state index contributed by atoms with van der Waals surface area (Å²) in [4.78, 5) is 26.9. The number of thioether (sulfide) groups is 1. The molecule has 1 aliphatic heterocycles. The molecule has 2 aromatic rings. The van der Waals surface area contributed by atoms with Crippen LogP contribution in [0.15, 0.2) is 52.4 Å². The molecule has 1 saturated heterocycles. The summed E-state index contributed by atoms with van der Waals surface area (Å²) in [6, 6.07) is 10.4. The van der Waals surface area contributed by atoms with Crippen LogP contribution in [0.4, 0.5) is 11.4 Å². The first-order chi connectivity index (χ1) is 12.5. The number of nitro groups is 1. The second-order valence-corrected chi connectivity index (χ2v) is 6.19. The molecule has 132 valence electrons. The lowest BCUT2D eigenvalue weighted by molar-refractivity contribution is -0.385. The van der Waals surface area contributed by atoms with E-state index in [1.807, 2.05) is 0 Å². The summed E-state index contributed by atoms with van der Waals surface area (Å²) < 4.78 is 5.12. The number of hydrogen-bond acceptors (Lipinski definition) is 7. The van der Waals surface area contributed by atoms with Gasteiger partial charge < -0.3 is 15.2 Å². The summed E-state index contributed by atoms with van der Waals surface area (Å²) >= 11 is 1.05. The molecule has 0 bridgehead atoms. The topological polar surface area (TPSA) is 117 Å². The number of ether oxygens (including phenoxy) is 1. The normalized spacial score (nSPS) is 16.7. The van der Waals surface area contributed by atoms with Gasteiger partial charge in [-0.1, -0.05) is 12.1 Å². The molecule has 8 nitrogen and oxygen atoms in total. The van der Waals surface area contributed by atoms with E-state index in [9.17, 15) is 20.0 Å². The number of amidine groups is 1. The van der Waals surface area contributed by atoms with Crippen molar-refractivity contribution in [2.24, 2.45) is 4.99 Å². The van der Waals surface area contributed by atoms with Gasteiger partial charge in [-0.2, -0.15) is 0 Å². The Balaban J connectivity index is 1.88. The molecular formula is C17H12N3O5S-. The highest BCUT2D eigenvalue weighted by Gasteiger charge is 2.24. The summed E-state index contributed by atoms with van der Waals surface area (Å²) in [7, 11) is 1.54. The van der Waals surface area contributed by atoms with Crippen molar-refractivity contribution in [3.63, 3.8) is 0 Å². The molecule has 9 heteroatoms. The van der Waals surface area contributed by atoms with Crippen LogP contribution in [0, 0.1) is 10.1 Å². The Morgan fingerprint density at radius 2 is 2.08 bits per heavy atom. The maximum Gasteiger partial charge on any atom is 0.269 e. The molecular weight excluding hydrogens is 358 g/mol. The van der Waals surface area contributed by atoms with Crippen LogP contribution < -0.4 is 15.2 Å². The van der Waals surface area contributed by atoms with Gasteiger partial charge in [-0.25, -0.2) is 4.99 Å². The van der Waals surface area contributed by atoms with Crippen molar-refractivity contribution in [3.8, 4) is 11.5 Å². The first kappa shape index (κ1) is 17.5. The largest absolute Gasteiger partial charge is 0.872 e. The zero-order valence-corrected chi connectivity index (χ0v) is 14.3. The molecule has 0 saturated carbocycles. The lowest BCUT2D eigenvalue weighted by Gasteiger charge is -2.09. The van der Waals surface area contributed by atoms with Gasteiger partial charge in [-0.15, -0.1) is 5.75 Å². The standard InChI is InChI=1S/C17H13N3O5S/c1-25-13-4-2-3-11(9-13)18-17-19-16(22)15(26-17)8-10-7-12(20(23)24)5-6-14(10)21/h2-9,21H,1H3,(H,18,19,22)/p-1/b15-8-. The number of nitro benzene ring substituents is 1. The van der Waals surface area contributed by atoms with Gasteiger partial charge in [0.15, 0.2) is 5.17 Å². The number of nitrogens with zero attached hydrogens (tertiary/aromatic N) is 2. The van der Waals surface area contributed by atoms with Gasteiger partial charge in [0.05, 0.1) is 22.6 Å². The summed E-state index contributed by atoms with van der Waals surface area (Å²) in [5.74, 6) is -0.207. The molecule has 1 aliphatic rings. The van der Waals surface area contributed by atoms with Crippen LogP contribution in [0.25, 0.3) is 6.08 Å². The Labute approximate surface area is 152 Å². The molecule has 2 aromatic carbocycles. The van der Waals surface area contributed by atoms with Crippen LogP contribution in [0.1, 0.15) is 5.56 Å². The van der Waals surface area contributed by atoms with Gasteiger partial charge >= 0.3 is 0 Å². The van der Waals surface area contributed by atoms with E-state index in [1.165, 1.54) is 6.08 Å². The molecule has 1 amide bonds. The molecule has 0 aliphatic carbocycles. The second-order valence-electron chi connectivity index (χ2n) is 5.16. The monoisotopic (exact) mass is 370 g/mol. The number of carbonyl (C=O) groups excluding carboxylic acids is 1. The van der Waals surface area contributed by atoms with E-state index in [-0.39, 0.29) is 16.2 Å². The Morgan fingerprint density at radius 1 is 1.27 bits per heavy atom. The minimum atomic E-state index is -0.598. The third-order valence-corrected chi connectivity index (χ3v) is 4.34. The highest BCUT2D eigenvalue weighted by molar-refractivity contribution is 8.18. The molecule has 0 atom stereocenters.